The number of aromatic nitrogens is 1. The molecule has 1 aromatic carbocycles. The van der Waals surface area contributed by atoms with Crippen LogP contribution in [0.25, 0.3) is 0 Å². The summed E-state index contributed by atoms with van der Waals surface area (Å²) in [6, 6.07) is 15.8. The van der Waals surface area contributed by atoms with Crippen molar-refractivity contribution >= 4 is 17.9 Å². The summed E-state index contributed by atoms with van der Waals surface area (Å²) < 4.78 is 10.6. The van der Waals surface area contributed by atoms with Gasteiger partial charge in [-0.3, -0.25) is 0 Å². The van der Waals surface area contributed by atoms with E-state index >= 15 is 0 Å². The van der Waals surface area contributed by atoms with Crippen LogP contribution in [0.5, 0.6) is 0 Å². The lowest BCUT2D eigenvalue weighted by Crippen LogP contribution is -2.50. The molecule has 2 atom stereocenters. The molecule has 0 aliphatic heterocycles. The second-order valence-corrected chi connectivity index (χ2v) is 10.5. The minimum Gasteiger partial charge on any atom is -0.464 e. The van der Waals surface area contributed by atoms with Crippen LogP contribution in [0.1, 0.15) is 68.4 Å². The largest absolute Gasteiger partial charge is 0.464 e. The number of esters is 1. The summed E-state index contributed by atoms with van der Waals surface area (Å²) in [5, 5.41) is 3.40. The van der Waals surface area contributed by atoms with Gasteiger partial charge in [-0.15, -0.1) is 0 Å². The van der Waals surface area contributed by atoms with Crippen molar-refractivity contribution in [3.05, 3.63) is 59.8 Å². The zero-order valence-corrected chi connectivity index (χ0v) is 20.5. The molecular weight excluding hydrogens is 430 g/mol. The highest BCUT2D eigenvalue weighted by atomic mass is 16.6. The molecule has 0 unspecified atom stereocenters. The number of benzene rings is 1. The minimum absolute atomic E-state index is 0.0519. The lowest BCUT2D eigenvalue weighted by Gasteiger charge is -2.45. The predicted molar refractivity (Wildman–Crippen MR) is 131 cm³/mol. The number of carbonyl (C=O) groups excluding carboxylic acids is 2. The molecule has 34 heavy (non-hydrogen) atoms. The first kappa shape index (κ1) is 24.0. The first-order valence-electron chi connectivity index (χ1n) is 12.0. The molecule has 2 aliphatic carbocycles. The first-order valence-corrected chi connectivity index (χ1v) is 12.0. The van der Waals surface area contributed by atoms with Gasteiger partial charge in [0.05, 0.1) is 7.11 Å². The van der Waals surface area contributed by atoms with E-state index in [1.807, 2.05) is 37.8 Å². The van der Waals surface area contributed by atoms with E-state index in [-0.39, 0.29) is 23.2 Å². The molecular formula is C27H35N3O4. The highest BCUT2D eigenvalue weighted by Crippen LogP contribution is 2.49. The van der Waals surface area contributed by atoms with E-state index in [2.05, 4.69) is 34.6 Å². The van der Waals surface area contributed by atoms with Crippen LogP contribution in [0.15, 0.2) is 48.5 Å². The third kappa shape index (κ3) is 5.69. The van der Waals surface area contributed by atoms with Crippen molar-refractivity contribution in [1.29, 1.82) is 0 Å². The molecule has 0 radical (unpaired) electrons. The van der Waals surface area contributed by atoms with Crippen LogP contribution in [0.3, 0.4) is 0 Å². The van der Waals surface area contributed by atoms with E-state index in [9.17, 15) is 9.59 Å². The number of anilines is 1. The van der Waals surface area contributed by atoms with Crippen LogP contribution in [-0.4, -0.2) is 53.8 Å². The molecule has 1 heterocycles. The Kier molecular flexibility index (Phi) is 6.82. The Hall–Kier alpha value is -3.09. The van der Waals surface area contributed by atoms with Gasteiger partial charge in [0.1, 0.15) is 11.4 Å². The fourth-order valence-corrected chi connectivity index (χ4v) is 4.68. The number of rotatable bonds is 8. The highest BCUT2D eigenvalue weighted by Gasteiger charge is 2.50. The summed E-state index contributed by atoms with van der Waals surface area (Å²) in [4.78, 5) is 31.4. The quantitative estimate of drug-likeness (QED) is 0.537. The number of amides is 1. The minimum atomic E-state index is -0.546. The number of hydrogen-bond acceptors (Lipinski definition) is 6. The van der Waals surface area contributed by atoms with Crippen LogP contribution >= 0.6 is 0 Å². The fourth-order valence-electron chi connectivity index (χ4n) is 4.68. The average molecular weight is 466 g/mol. The van der Waals surface area contributed by atoms with Crippen molar-refractivity contribution in [3.8, 4) is 0 Å². The van der Waals surface area contributed by atoms with Gasteiger partial charge >= 0.3 is 12.1 Å². The molecule has 2 aromatic rings. The Morgan fingerprint density at radius 2 is 1.85 bits per heavy atom. The highest BCUT2D eigenvalue weighted by molar-refractivity contribution is 5.87. The summed E-state index contributed by atoms with van der Waals surface area (Å²) in [6.45, 7) is 7.04. The third-order valence-corrected chi connectivity index (χ3v) is 6.72. The Morgan fingerprint density at radius 1 is 1.12 bits per heavy atom. The second kappa shape index (κ2) is 9.65. The van der Waals surface area contributed by atoms with Gasteiger partial charge in [0.15, 0.2) is 5.69 Å². The molecule has 1 N–H and O–H groups in total. The first-order chi connectivity index (χ1) is 16.2. The molecule has 7 heteroatoms. The lowest BCUT2D eigenvalue weighted by atomic mass is 9.68. The van der Waals surface area contributed by atoms with E-state index < -0.39 is 11.6 Å². The fraction of sp³-hybridized carbons (Fsp3) is 0.519. The van der Waals surface area contributed by atoms with Crippen LogP contribution in [-0.2, 0) is 9.47 Å². The van der Waals surface area contributed by atoms with Crippen molar-refractivity contribution in [2.45, 2.75) is 64.0 Å². The van der Waals surface area contributed by atoms with Gasteiger partial charge in [-0.25, -0.2) is 14.6 Å². The molecule has 7 nitrogen and oxygen atoms in total. The number of ether oxygens (including phenoxy) is 2. The van der Waals surface area contributed by atoms with Crippen LogP contribution in [0.2, 0.25) is 0 Å². The third-order valence-electron chi connectivity index (χ3n) is 6.72. The molecule has 2 aliphatic rings. The number of carbonyl (C=O) groups is 2. The summed E-state index contributed by atoms with van der Waals surface area (Å²) >= 11 is 0. The molecule has 182 valence electrons. The average Bonchev–Trinajstić information content (AvgIpc) is 3.58. The van der Waals surface area contributed by atoms with Crippen molar-refractivity contribution in [3.63, 3.8) is 0 Å². The second-order valence-electron chi connectivity index (χ2n) is 10.5. The van der Waals surface area contributed by atoms with Crippen LogP contribution < -0.4 is 5.32 Å². The monoisotopic (exact) mass is 465 g/mol. The summed E-state index contributed by atoms with van der Waals surface area (Å²) in [7, 11) is 1.35. The van der Waals surface area contributed by atoms with Crippen LogP contribution in [0, 0.1) is 5.41 Å². The molecule has 1 aromatic heterocycles. The molecule has 0 saturated heterocycles. The standard InChI is InChI=1S/C27H35N3O4/c1-26(2,3)34-25(32)30(22-16-20(22)19-10-6-5-7-11-19)18-27(14-9-15-27)17-28-23-13-8-12-21(29-23)24(31)33-4/h5-8,10-13,20,22H,9,14-18H2,1-4H3,(H,28,29)/t20-,22+/m1/s1. The van der Waals surface area contributed by atoms with Gasteiger partial charge in [-0.1, -0.05) is 42.8 Å². The predicted octanol–water partition coefficient (Wildman–Crippen LogP) is 5.24. The normalized spacial score (nSPS) is 20.6. The van der Waals surface area contributed by atoms with E-state index in [4.69, 9.17) is 9.47 Å². The zero-order chi connectivity index (χ0) is 24.3. The van der Waals surface area contributed by atoms with E-state index in [1.54, 1.807) is 12.1 Å². The number of hydrogen-bond donors (Lipinski definition) is 1. The molecule has 4 rings (SSSR count). The molecule has 2 fully saturated rings. The van der Waals surface area contributed by atoms with E-state index in [1.165, 1.54) is 12.7 Å². The lowest BCUT2D eigenvalue weighted by molar-refractivity contribution is 0.00380. The van der Waals surface area contributed by atoms with Gasteiger partial charge in [0.2, 0.25) is 0 Å². The van der Waals surface area contributed by atoms with Crippen molar-refractivity contribution in [2.75, 3.05) is 25.5 Å². The van der Waals surface area contributed by atoms with Crippen molar-refractivity contribution in [1.82, 2.24) is 9.88 Å². The van der Waals surface area contributed by atoms with Gasteiger partial charge in [-0.05, 0) is 57.7 Å². The summed E-state index contributed by atoms with van der Waals surface area (Å²) in [5.41, 5.74) is 0.944. The van der Waals surface area contributed by atoms with Crippen molar-refractivity contribution < 1.29 is 19.1 Å². The smallest absolute Gasteiger partial charge is 0.410 e. The topological polar surface area (TPSA) is 80.8 Å². The Morgan fingerprint density at radius 3 is 2.47 bits per heavy atom. The number of pyridine rings is 1. The van der Waals surface area contributed by atoms with Gasteiger partial charge in [0, 0.05) is 30.5 Å². The molecule has 2 saturated carbocycles. The van der Waals surface area contributed by atoms with Gasteiger partial charge in [0.25, 0.3) is 0 Å². The van der Waals surface area contributed by atoms with Crippen LogP contribution in [0.4, 0.5) is 10.6 Å². The number of methoxy groups -OCH3 is 1. The summed E-state index contributed by atoms with van der Waals surface area (Å²) in [6.07, 6.45) is 3.90. The molecule has 0 spiro atoms. The van der Waals surface area contributed by atoms with E-state index in [0.717, 1.165) is 25.7 Å². The van der Waals surface area contributed by atoms with Crippen molar-refractivity contribution in [2.24, 2.45) is 5.41 Å². The SMILES string of the molecule is COC(=O)c1cccc(NCC2(CN(C(=O)OC(C)(C)C)[C@H]3C[C@@H]3c3ccccc3)CCC2)n1. The number of nitrogens with one attached hydrogen (secondary N) is 1. The maximum Gasteiger partial charge on any atom is 0.410 e. The maximum atomic E-state index is 13.3. The Labute approximate surface area is 201 Å². The molecule has 1 amide bonds. The number of nitrogens with zero attached hydrogens (tertiary/aromatic N) is 2. The Bertz CT molecular complexity index is 1010. The zero-order valence-electron chi connectivity index (χ0n) is 20.5. The Balaban J connectivity index is 1.48. The van der Waals surface area contributed by atoms with E-state index in [0.29, 0.717) is 24.8 Å². The molecule has 0 bridgehead atoms. The maximum absolute atomic E-state index is 13.3. The van der Waals surface area contributed by atoms with Gasteiger partial charge in [-0.2, -0.15) is 0 Å². The van der Waals surface area contributed by atoms with Gasteiger partial charge < -0.3 is 19.7 Å². The summed E-state index contributed by atoms with van der Waals surface area (Å²) in [5.74, 6) is 0.516.